The molecule has 38 heavy (non-hydrogen) atoms. The first kappa shape index (κ1) is 26.5. The first-order chi connectivity index (χ1) is 18.4. The van der Waals surface area contributed by atoms with Crippen molar-refractivity contribution in [2.75, 3.05) is 32.4 Å². The number of non-ortho nitro benzene ring substituents is 1. The van der Waals surface area contributed by atoms with Crippen molar-refractivity contribution in [1.29, 1.82) is 0 Å². The summed E-state index contributed by atoms with van der Waals surface area (Å²) in [6.07, 6.45) is 0. The number of hydrogen-bond donors (Lipinski definition) is 1. The number of anilines is 1. The summed E-state index contributed by atoms with van der Waals surface area (Å²) in [6.45, 7) is 1.77. The number of benzene rings is 3. The lowest BCUT2D eigenvalue weighted by Crippen LogP contribution is -2.15. The Morgan fingerprint density at radius 2 is 1.68 bits per heavy atom. The second-order valence-electron chi connectivity index (χ2n) is 7.98. The highest BCUT2D eigenvalue weighted by Crippen LogP contribution is 2.41. The monoisotopic (exact) mass is 535 g/mol. The van der Waals surface area contributed by atoms with Gasteiger partial charge in [-0.3, -0.25) is 19.5 Å². The van der Waals surface area contributed by atoms with Crippen molar-refractivity contribution < 1.29 is 23.9 Å². The molecule has 1 N–H and O–H groups in total. The molecule has 0 spiro atoms. The summed E-state index contributed by atoms with van der Waals surface area (Å²) in [6, 6.07) is 17.4. The lowest BCUT2D eigenvalue weighted by molar-refractivity contribution is -0.384. The van der Waals surface area contributed by atoms with Crippen LogP contribution in [-0.4, -0.2) is 52.7 Å². The zero-order chi connectivity index (χ0) is 27.2. The number of aromatic nitrogens is 3. The Labute approximate surface area is 222 Å². The van der Waals surface area contributed by atoms with E-state index in [2.05, 4.69) is 15.5 Å². The predicted octanol–water partition coefficient (Wildman–Crippen LogP) is 4.91. The van der Waals surface area contributed by atoms with E-state index >= 15 is 0 Å². The fourth-order valence-corrected chi connectivity index (χ4v) is 4.50. The number of nitrogens with one attached hydrogen (secondary N) is 1. The molecule has 0 unspecified atom stereocenters. The minimum Gasteiger partial charge on any atom is -0.493 e. The summed E-state index contributed by atoms with van der Waals surface area (Å²) < 4.78 is 18.3. The number of ether oxygens (including phenoxy) is 3. The fourth-order valence-electron chi connectivity index (χ4n) is 3.75. The highest BCUT2D eigenvalue weighted by atomic mass is 32.2. The van der Waals surface area contributed by atoms with Crippen LogP contribution in [0.25, 0.3) is 17.1 Å². The van der Waals surface area contributed by atoms with E-state index in [4.69, 9.17) is 14.2 Å². The van der Waals surface area contributed by atoms with Crippen LogP contribution >= 0.6 is 11.8 Å². The zero-order valence-corrected chi connectivity index (χ0v) is 21.9. The molecule has 196 valence electrons. The number of rotatable bonds is 10. The highest BCUT2D eigenvalue weighted by Gasteiger charge is 2.21. The highest BCUT2D eigenvalue weighted by molar-refractivity contribution is 7.99. The van der Waals surface area contributed by atoms with Gasteiger partial charge in [0.25, 0.3) is 5.69 Å². The van der Waals surface area contributed by atoms with E-state index < -0.39 is 4.92 Å². The predicted molar refractivity (Wildman–Crippen MR) is 144 cm³/mol. The van der Waals surface area contributed by atoms with Gasteiger partial charge in [-0.15, -0.1) is 10.2 Å². The van der Waals surface area contributed by atoms with E-state index in [9.17, 15) is 14.9 Å². The number of carbonyl (C=O) groups excluding carboxylic acids is 1. The molecule has 1 amide bonds. The van der Waals surface area contributed by atoms with E-state index in [1.54, 1.807) is 25.1 Å². The summed E-state index contributed by atoms with van der Waals surface area (Å²) in [7, 11) is 4.60. The van der Waals surface area contributed by atoms with Gasteiger partial charge in [0.05, 0.1) is 37.7 Å². The molecule has 1 heterocycles. The minimum absolute atomic E-state index is 0.00233. The molecule has 0 saturated heterocycles. The molecule has 4 aromatic rings. The first-order valence-corrected chi connectivity index (χ1v) is 12.3. The third kappa shape index (κ3) is 5.54. The molecule has 3 aromatic carbocycles. The molecule has 0 aliphatic carbocycles. The Hall–Kier alpha value is -4.58. The van der Waals surface area contributed by atoms with Crippen LogP contribution in [0.15, 0.2) is 65.8 Å². The van der Waals surface area contributed by atoms with E-state index in [-0.39, 0.29) is 17.3 Å². The van der Waals surface area contributed by atoms with Crippen molar-refractivity contribution in [3.05, 3.63) is 76.3 Å². The molecule has 0 atom stereocenters. The maximum atomic E-state index is 12.8. The van der Waals surface area contributed by atoms with Crippen molar-refractivity contribution >= 4 is 29.0 Å². The Balaban J connectivity index is 1.66. The van der Waals surface area contributed by atoms with Gasteiger partial charge in [0, 0.05) is 23.4 Å². The van der Waals surface area contributed by atoms with E-state index in [1.165, 1.54) is 45.2 Å². The first-order valence-electron chi connectivity index (χ1n) is 11.3. The zero-order valence-electron chi connectivity index (χ0n) is 21.1. The summed E-state index contributed by atoms with van der Waals surface area (Å²) in [5, 5.41) is 23.1. The van der Waals surface area contributed by atoms with Crippen LogP contribution in [0.2, 0.25) is 0 Å². The van der Waals surface area contributed by atoms with Gasteiger partial charge in [0.1, 0.15) is 0 Å². The van der Waals surface area contributed by atoms with Gasteiger partial charge in [-0.1, -0.05) is 36.0 Å². The minimum atomic E-state index is -0.503. The number of nitro groups is 1. The number of nitrogens with zero attached hydrogens (tertiary/aromatic N) is 4. The second kappa shape index (κ2) is 11.6. The number of hydrogen-bond acceptors (Lipinski definition) is 9. The van der Waals surface area contributed by atoms with Crippen LogP contribution in [0.1, 0.15) is 5.56 Å². The number of carbonyl (C=O) groups is 1. The molecule has 0 bridgehead atoms. The van der Waals surface area contributed by atoms with Crippen LogP contribution in [0.4, 0.5) is 11.4 Å². The van der Waals surface area contributed by atoms with Gasteiger partial charge in [-0.2, -0.15) is 0 Å². The van der Waals surface area contributed by atoms with E-state index in [0.717, 1.165) is 5.69 Å². The van der Waals surface area contributed by atoms with Crippen LogP contribution in [0.5, 0.6) is 17.2 Å². The molecule has 11 nitrogen and oxygen atoms in total. The number of methoxy groups -OCH3 is 3. The molecular weight excluding hydrogens is 510 g/mol. The second-order valence-corrected chi connectivity index (χ2v) is 8.93. The number of amides is 1. The van der Waals surface area contributed by atoms with Crippen LogP contribution in [0, 0.1) is 17.0 Å². The van der Waals surface area contributed by atoms with Crippen molar-refractivity contribution in [3.63, 3.8) is 0 Å². The van der Waals surface area contributed by atoms with Gasteiger partial charge in [0.2, 0.25) is 11.7 Å². The normalized spacial score (nSPS) is 10.6. The summed E-state index contributed by atoms with van der Waals surface area (Å²) in [5.41, 5.74) is 2.45. The van der Waals surface area contributed by atoms with Crippen molar-refractivity contribution in [2.45, 2.75) is 12.1 Å². The van der Waals surface area contributed by atoms with Gasteiger partial charge in [0.15, 0.2) is 22.5 Å². The van der Waals surface area contributed by atoms with Crippen molar-refractivity contribution in [3.8, 4) is 34.3 Å². The Bertz CT molecular complexity index is 1450. The molecule has 0 fully saturated rings. The number of thioether (sulfide) groups is 1. The number of nitro benzene ring substituents is 1. The third-order valence-corrected chi connectivity index (χ3v) is 6.54. The van der Waals surface area contributed by atoms with Crippen molar-refractivity contribution in [2.24, 2.45) is 0 Å². The molecular formula is C26H25N5O6S. The van der Waals surface area contributed by atoms with E-state index in [1.807, 2.05) is 34.9 Å². The van der Waals surface area contributed by atoms with Crippen LogP contribution in [0.3, 0.4) is 0 Å². The van der Waals surface area contributed by atoms with Gasteiger partial charge in [-0.05, 0) is 36.8 Å². The number of aryl methyl sites for hydroxylation is 1. The Morgan fingerprint density at radius 3 is 2.29 bits per heavy atom. The van der Waals surface area contributed by atoms with Crippen LogP contribution < -0.4 is 19.5 Å². The standard InChI is InChI=1S/C26H25N5O6S/c1-16-10-11-19(31(33)34)14-20(16)27-23(32)15-38-26-29-28-25(30(26)18-8-6-5-7-9-18)17-12-21(35-2)24(37-4)22(13-17)36-3/h5-14H,15H2,1-4H3,(H,27,32). The van der Waals surface area contributed by atoms with Gasteiger partial charge in [-0.25, -0.2) is 0 Å². The molecule has 0 radical (unpaired) electrons. The summed E-state index contributed by atoms with van der Waals surface area (Å²) >= 11 is 1.18. The molecule has 0 aliphatic rings. The average Bonchev–Trinajstić information content (AvgIpc) is 3.36. The topological polar surface area (TPSA) is 131 Å². The summed E-state index contributed by atoms with van der Waals surface area (Å²) in [5.74, 6) is 1.55. The lowest BCUT2D eigenvalue weighted by Gasteiger charge is -2.15. The Morgan fingerprint density at radius 1 is 1.00 bits per heavy atom. The summed E-state index contributed by atoms with van der Waals surface area (Å²) in [4.78, 5) is 23.4. The van der Waals surface area contributed by atoms with Gasteiger partial charge < -0.3 is 19.5 Å². The lowest BCUT2D eigenvalue weighted by atomic mass is 10.1. The quantitative estimate of drug-likeness (QED) is 0.171. The van der Waals surface area contributed by atoms with E-state index in [0.29, 0.717) is 45.0 Å². The molecule has 0 saturated carbocycles. The largest absolute Gasteiger partial charge is 0.493 e. The van der Waals surface area contributed by atoms with Gasteiger partial charge >= 0.3 is 0 Å². The Kier molecular flexibility index (Phi) is 8.12. The number of para-hydroxylation sites is 1. The molecule has 0 aliphatic heterocycles. The maximum Gasteiger partial charge on any atom is 0.271 e. The molecule has 12 heteroatoms. The molecule has 1 aromatic heterocycles. The average molecular weight is 536 g/mol. The smallest absolute Gasteiger partial charge is 0.271 e. The van der Waals surface area contributed by atoms with Crippen molar-refractivity contribution in [1.82, 2.24) is 14.8 Å². The third-order valence-electron chi connectivity index (χ3n) is 5.61. The SMILES string of the molecule is COc1cc(-c2nnc(SCC(=O)Nc3cc([N+](=O)[O-])ccc3C)n2-c2ccccc2)cc(OC)c1OC. The van der Waals surface area contributed by atoms with Crippen LogP contribution in [-0.2, 0) is 4.79 Å². The fraction of sp³-hybridized carbons (Fsp3) is 0.192. The maximum absolute atomic E-state index is 12.8. The molecule has 4 rings (SSSR count).